The summed E-state index contributed by atoms with van der Waals surface area (Å²) in [6.45, 7) is 4.24. The van der Waals surface area contributed by atoms with Crippen LogP contribution < -0.4 is 4.74 Å². The first-order valence-corrected chi connectivity index (χ1v) is 7.43. The highest BCUT2D eigenvalue weighted by molar-refractivity contribution is 5.84. The van der Waals surface area contributed by atoms with Gasteiger partial charge in [-0.2, -0.15) is 0 Å². The maximum absolute atomic E-state index is 10.9. The highest BCUT2D eigenvalue weighted by Crippen LogP contribution is 2.33. The van der Waals surface area contributed by atoms with Crippen LogP contribution in [0.15, 0.2) is 36.4 Å². The smallest absolute Gasteiger partial charge is 0.119 e. The zero-order valence-electron chi connectivity index (χ0n) is 12.6. The van der Waals surface area contributed by atoms with Crippen LogP contribution in [0.25, 0.3) is 10.8 Å². The van der Waals surface area contributed by atoms with Gasteiger partial charge in [0.2, 0.25) is 0 Å². The first-order valence-electron chi connectivity index (χ1n) is 7.43. The first kappa shape index (κ1) is 14.9. The van der Waals surface area contributed by atoms with Crippen LogP contribution in [0.5, 0.6) is 5.75 Å². The lowest BCUT2D eigenvalue weighted by atomic mass is 9.84. The summed E-state index contributed by atoms with van der Waals surface area (Å²) in [7, 11) is 1.68. The van der Waals surface area contributed by atoms with E-state index in [1.54, 1.807) is 7.11 Å². The predicted molar refractivity (Wildman–Crippen MR) is 84.2 cm³/mol. The minimum Gasteiger partial charge on any atom is -0.497 e. The summed E-state index contributed by atoms with van der Waals surface area (Å²) in [6.07, 6.45) is 3.58. The molecule has 0 saturated carbocycles. The fraction of sp³-hybridized carbons (Fsp3) is 0.444. The van der Waals surface area contributed by atoms with Gasteiger partial charge < -0.3 is 9.84 Å². The van der Waals surface area contributed by atoms with E-state index < -0.39 is 5.60 Å². The van der Waals surface area contributed by atoms with Gasteiger partial charge in [0.05, 0.1) is 12.7 Å². The largest absolute Gasteiger partial charge is 0.497 e. The molecule has 0 bridgehead atoms. The molecule has 2 rings (SSSR count). The van der Waals surface area contributed by atoms with Crippen molar-refractivity contribution in [3.63, 3.8) is 0 Å². The van der Waals surface area contributed by atoms with E-state index >= 15 is 0 Å². The maximum Gasteiger partial charge on any atom is 0.119 e. The molecule has 0 unspecified atom stereocenters. The molecule has 0 aliphatic carbocycles. The second kappa shape index (κ2) is 6.27. The van der Waals surface area contributed by atoms with Crippen molar-refractivity contribution >= 4 is 10.8 Å². The van der Waals surface area contributed by atoms with E-state index in [0.717, 1.165) is 47.8 Å². The van der Waals surface area contributed by atoms with Crippen molar-refractivity contribution in [3.05, 3.63) is 42.0 Å². The highest BCUT2D eigenvalue weighted by atomic mass is 16.5. The molecule has 2 aromatic carbocycles. The topological polar surface area (TPSA) is 29.5 Å². The highest BCUT2D eigenvalue weighted by Gasteiger charge is 2.27. The lowest BCUT2D eigenvalue weighted by Crippen LogP contribution is -2.25. The summed E-state index contributed by atoms with van der Waals surface area (Å²) in [6, 6.07) is 12.3. The van der Waals surface area contributed by atoms with E-state index in [4.69, 9.17) is 4.74 Å². The minimum absolute atomic E-state index is 0.697. The van der Waals surface area contributed by atoms with Gasteiger partial charge in [-0.1, -0.05) is 44.9 Å². The summed E-state index contributed by atoms with van der Waals surface area (Å²) < 4.78 is 5.25. The summed E-state index contributed by atoms with van der Waals surface area (Å²) in [5.74, 6) is 0.864. The second-order valence-electron chi connectivity index (χ2n) is 5.46. The molecule has 108 valence electrons. The van der Waals surface area contributed by atoms with Crippen LogP contribution in [-0.4, -0.2) is 12.2 Å². The summed E-state index contributed by atoms with van der Waals surface area (Å²) >= 11 is 0. The molecule has 2 heteroatoms. The van der Waals surface area contributed by atoms with Gasteiger partial charge in [0.1, 0.15) is 5.75 Å². The Kier molecular flexibility index (Phi) is 4.66. The summed E-state index contributed by atoms with van der Waals surface area (Å²) in [4.78, 5) is 0. The molecule has 0 heterocycles. The van der Waals surface area contributed by atoms with Crippen molar-refractivity contribution < 1.29 is 9.84 Å². The van der Waals surface area contributed by atoms with Crippen LogP contribution in [0.4, 0.5) is 0 Å². The molecule has 0 radical (unpaired) electrons. The third-order valence-electron chi connectivity index (χ3n) is 3.91. The number of fused-ring (bicyclic) bond motifs is 1. The van der Waals surface area contributed by atoms with Gasteiger partial charge in [0.25, 0.3) is 0 Å². The standard InChI is InChI=1S/C18H24O2/c1-4-10-18(19,11-5-2)16-8-6-15-13-17(20-3)9-7-14(15)12-16/h6-9,12-13,19H,4-5,10-11H2,1-3H3. The normalized spacial score (nSPS) is 11.8. The van der Waals surface area contributed by atoms with Crippen molar-refractivity contribution in [2.24, 2.45) is 0 Å². The molecule has 0 saturated heterocycles. The quantitative estimate of drug-likeness (QED) is 0.830. The molecule has 20 heavy (non-hydrogen) atoms. The van der Waals surface area contributed by atoms with Crippen molar-refractivity contribution in [3.8, 4) is 5.75 Å². The Morgan fingerprint density at radius 2 is 1.55 bits per heavy atom. The van der Waals surface area contributed by atoms with Crippen LogP contribution in [0, 0.1) is 0 Å². The number of aliphatic hydroxyl groups is 1. The molecular formula is C18H24O2. The Balaban J connectivity index is 2.44. The molecule has 0 fully saturated rings. The summed E-state index contributed by atoms with van der Waals surface area (Å²) in [5, 5.41) is 13.2. The minimum atomic E-state index is -0.697. The molecule has 2 aromatic rings. The van der Waals surface area contributed by atoms with Crippen molar-refractivity contribution in [1.82, 2.24) is 0 Å². The van der Waals surface area contributed by atoms with Crippen LogP contribution in [0.1, 0.15) is 45.1 Å². The molecule has 0 aliphatic heterocycles. The van der Waals surface area contributed by atoms with E-state index in [-0.39, 0.29) is 0 Å². The van der Waals surface area contributed by atoms with Gasteiger partial charge in [-0.15, -0.1) is 0 Å². The molecule has 2 nitrogen and oxygen atoms in total. The first-order chi connectivity index (χ1) is 9.62. The van der Waals surface area contributed by atoms with Gasteiger partial charge in [-0.05, 0) is 47.4 Å². The number of rotatable bonds is 6. The Morgan fingerprint density at radius 1 is 0.950 bits per heavy atom. The van der Waals surface area contributed by atoms with Crippen LogP contribution in [-0.2, 0) is 5.60 Å². The summed E-state index contributed by atoms with van der Waals surface area (Å²) in [5.41, 5.74) is 0.330. The third-order valence-corrected chi connectivity index (χ3v) is 3.91. The van der Waals surface area contributed by atoms with Gasteiger partial charge in [-0.25, -0.2) is 0 Å². The lowest BCUT2D eigenvalue weighted by Gasteiger charge is -2.28. The molecule has 0 atom stereocenters. The molecular weight excluding hydrogens is 248 g/mol. The fourth-order valence-electron chi connectivity index (χ4n) is 2.88. The van der Waals surface area contributed by atoms with Crippen molar-refractivity contribution in [2.45, 2.75) is 45.1 Å². The van der Waals surface area contributed by atoms with E-state index in [0.29, 0.717) is 0 Å². The zero-order valence-corrected chi connectivity index (χ0v) is 12.6. The Labute approximate surface area is 121 Å². The third kappa shape index (κ3) is 2.96. The number of hydrogen-bond acceptors (Lipinski definition) is 2. The van der Waals surface area contributed by atoms with Crippen LogP contribution in [0.3, 0.4) is 0 Å². The Bertz CT molecular complexity index is 569. The number of hydrogen-bond donors (Lipinski definition) is 1. The molecule has 0 aliphatic rings. The fourth-order valence-corrected chi connectivity index (χ4v) is 2.88. The molecule has 0 spiro atoms. The van der Waals surface area contributed by atoms with Gasteiger partial charge in [-0.3, -0.25) is 0 Å². The molecule has 1 N–H and O–H groups in total. The number of benzene rings is 2. The second-order valence-corrected chi connectivity index (χ2v) is 5.46. The lowest BCUT2D eigenvalue weighted by molar-refractivity contribution is 0.0171. The van der Waals surface area contributed by atoms with E-state index in [2.05, 4.69) is 32.0 Å². The van der Waals surface area contributed by atoms with E-state index in [9.17, 15) is 5.11 Å². The van der Waals surface area contributed by atoms with E-state index in [1.807, 2.05) is 18.2 Å². The maximum atomic E-state index is 10.9. The van der Waals surface area contributed by atoms with Crippen LogP contribution >= 0.6 is 0 Å². The monoisotopic (exact) mass is 272 g/mol. The van der Waals surface area contributed by atoms with Crippen molar-refractivity contribution in [1.29, 1.82) is 0 Å². The Morgan fingerprint density at radius 3 is 2.15 bits per heavy atom. The molecule has 0 aromatic heterocycles. The van der Waals surface area contributed by atoms with Gasteiger partial charge in [0, 0.05) is 0 Å². The van der Waals surface area contributed by atoms with Crippen LogP contribution in [0.2, 0.25) is 0 Å². The number of ether oxygens (including phenoxy) is 1. The van der Waals surface area contributed by atoms with E-state index in [1.165, 1.54) is 0 Å². The van der Waals surface area contributed by atoms with Gasteiger partial charge >= 0.3 is 0 Å². The average molecular weight is 272 g/mol. The van der Waals surface area contributed by atoms with Gasteiger partial charge in [0.15, 0.2) is 0 Å². The SMILES string of the molecule is CCCC(O)(CCC)c1ccc2cc(OC)ccc2c1. The average Bonchev–Trinajstić information content (AvgIpc) is 2.46. The zero-order chi connectivity index (χ0) is 14.6. The van der Waals surface area contributed by atoms with Crippen molar-refractivity contribution in [2.75, 3.05) is 7.11 Å². The predicted octanol–water partition coefficient (Wildman–Crippen LogP) is 4.64. The number of methoxy groups -OCH3 is 1. The molecule has 0 amide bonds. The Hall–Kier alpha value is -1.54.